The maximum absolute atomic E-state index is 13.1. The lowest BCUT2D eigenvalue weighted by atomic mass is 10.1. The molecule has 0 unspecified atom stereocenters. The first kappa shape index (κ1) is 17.3. The lowest BCUT2D eigenvalue weighted by molar-refractivity contribution is -0.115. The highest BCUT2D eigenvalue weighted by Gasteiger charge is 2.10. The number of carbonyl (C=O) groups is 1. The molecule has 1 aliphatic heterocycles. The summed E-state index contributed by atoms with van der Waals surface area (Å²) in [4.78, 5) is 14.3. The smallest absolute Gasteiger partial charge is 0.226 e. The minimum Gasteiger partial charge on any atom is -0.385 e. The third kappa shape index (κ3) is 5.21. The number of anilines is 3. The Kier molecular flexibility index (Phi) is 5.88. The van der Waals surface area contributed by atoms with Gasteiger partial charge in [-0.05, 0) is 61.7 Å². The van der Waals surface area contributed by atoms with Crippen molar-refractivity contribution in [2.24, 2.45) is 0 Å². The van der Waals surface area contributed by atoms with Crippen molar-refractivity contribution in [2.45, 2.75) is 25.7 Å². The Hall–Kier alpha value is -2.56. The zero-order valence-corrected chi connectivity index (χ0v) is 14.3. The molecular weight excluding hydrogens is 317 g/mol. The van der Waals surface area contributed by atoms with E-state index in [0.717, 1.165) is 18.8 Å². The number of benzene rings is 2. The Bertz CT molecular complexity index is 696. The van der Waals surface area contributed by atoms with Crippen molar-refractivity contribution in [1.82, 2.24) is 0 Å². The molecular formula is C20H24FN3O. The van der Waals surface area contributed by atoms with Crippen LogP contribution in [0.25, 0.3) is 0 Å². The number of rotatable bonds is 6. The summed E-state index contributed by atoms with van der Waals surface area (Å²) in [5.41, 5.74) is 2.74. The number of amides is 1. The fraction of sp³-hybridized carbons (Fsp3) is 0.350. The van der Waals surface area contributed by atoms with Gasteiger partial charge in [-0.1, -0.05) is 6.07 Å². The highest BCUT2D eigenvalue weighted by molar-refractivity contribution is 5.90. The monoisotopic (exact) mass is 341 g/mol. The van der Waals surface area contributed by atoms with Crippen LogP contribution in [0.3, 0.4) is 0 Å². The molecule has 1 aliphatic rings. The Morgan fingerprint density at radius 1 is 1.00 bits per heavy atom. The number of nitrogens with zero attached hydrogens (tertiary/aromatic N) is 1. The molecule has 2 aromatic carbocycles. The minimum absolute atomic E-state index is 0.136. The normalized spacial score (nSPS) is 14.2. The molecule has 1 saturated heterocycles. The van der Waals surface area contributed by atoms with E-state index in [1.807, 2.05) is 0 Å². The average molecular weight is 341 g/mol. The predicted molar refractivity (Wildman–Crippen MR) is 101 cm³/mol. The third-order valence-corrected chi connectivity index (χ3v) is 4.38. The quantitative estimate of drug-likeness (QED) is 0.825. The second kappa shape index (κ2) is 8.51. The Morgan fingerprint density at radius 2 is 1.76 bits per heavy atom. The van der Waals surface area contributed by atoms with Crippen molar-refractivity contribution >= 4 is 23.0 Å². The van der Waals surface area contributed by atoms with Gasteiger partial charge in [0.1, 0.15) is 5.82 Å². The van der Waals surface area contributed by atoms with Gasteiger partial charge < -0.3 is 15.5 Å². The Morgan fingerprint density at radius 3 is 2.48 bits per heavy atom. The zero-order valence-electron chi connectivity index (χ0n) is 14.3. The number of nitrogens with one attached hydrogen (secondary N) is 2. The number of hydrogen-bond acceptors (Lipinski definition) is 3. The van der Waals surface area contributed by atoms with Crippen molar-refractivity contribution in [3.8, 4) is 0 Å². The molecule has 1 amide bonds. The fourth-order valence-electron chi connectivity index (χ4n) is 3.05. The van der Waals surface area contributed by atoms with Crippen LogP contribution in [0.5, 0.6) is 0 Å². The molecule has 1 fully saturated rings. The second-order valence-electron chi connectivity index (χ2n) is 6.33. The second-order valence-corrected chi connectivity index (χ2v) is 6.33. The summed E-state index contributed by atoms with van der Waals surface area (Å²) in [6.07, 6.45) is 4.18. The summed E-state index contributed by atoms with van der Waals surface area (Å²) >= 11 is 0. The van der Waals surface area contributed by atoms with Gasteiger partial charge in [0.15, 0.2) is 0 Å². The Balaban J connectivity index is 1.43. The van der Waals surface area contributed by atoms with Crippen LogP contribution in [0, 0.1) is 5.82 Å². The molecule has 0 atom stereocenters. The summed E-state index contributed by atoms with van der Waals surface area (Å²) in [6, 6.07) is 14.3. The topological polar surface area (TPSA) is 44.4 Å². The van der Waals surface area contributed by atoms with E-state index in [1.54, 1.807) is 12.1 Å². The van der Waals surface area contributed by atoms with Gasteiger partial charge in [0.25, 0.3) is 0 Å². The maximum atomic E-state index is 13.1. The molecule has 132 valence electrons. The van der Waals surface area contributed by atoms with E-state index in [2.05, 4.69) is 39.8 Å². The number of piperidine rings is 1. The maximum Gasteiger partial charge on any atom is 0.226 e. The van der Waals surface area contributed by atoms with Crippen LogP contribution in [-0.2, 0) is 4.79 Å². The summed E-state index contributed by atoms with van der Waals surface area (Å²) in [5.74, 6) is -0.493. The number of halogens is 1. The van der Waals surface area contributed by atoms with Crippen molar-refractivity contribution in [3.05, 3.63) is 54.3 Å². The minimum atomic E-state index is -0.357. The largest absolute Gasteiger partial charge is 0.385 e. The average Bonchev–Trinajstić information content (AvgIpc) is 2.63. The molecule has 0 aromatic heterocycles. The molecule has 2 N–H and O–H groups in total. The zero-order chi connectivity index (χ0) is 17.5. The van der Waals surface area contributed by atoms with E-state index in [9.17, 15) is 9.18 Å². The molecule has 0 radical (unpaired) electrons. The van der Waals surface area contributed by atoms with E-state index < -0.39 is 0 Å². The van der Waals surface area contributed by atoms with Crippen molar-refractivity contribution in [3.63, 3.8) is 0 Å². The summed E-state index contributed by atoms with van der Waals surface area (Å²) in [6.45, 7) is 2.80. The van der Waals surface area contributed by atoms with Crippen LogP contribution in [0.1, 0.15) is 25.7 Å². The molecule has 1 heterocycles. The molecule has 4 nitrogen and oxygen atoms in total. The van der Waals surface area contributed by atoms with E-state index >= 15 is 0 Å². The van der Waals surface area contributed by atoms with Crippen LogP contribution in [0.4, 0.5) is 21.5 Å². The van der Waals surface area contributed by atoms with Crippen LogP contribution in [0.2, 0.25) is 0 Å². The predicted octanol–water partition coefficient (Wildman–Crippen LogP) is 4.26. The van der Waals surface area contributed by atoms with Crippen LogP contribution in [0.15, 0.2) is 48.5 Å². The van der Waals surface area contributed by atoms with Gasteiger partial charge in [-0.15, -0.1) is 0 Å². The Labute approximate surface area is 148 Å². The summed E-state index contributed by atoms with van der Waals surface area (Å²) in [7, 11) is 0. The first-order valence-electron chi connectivity index (χ1n) is 8.85. The van der Waals surface area contributed by atoms with E-state index in [0.29, 0.717) is 18.7 Å². The van der Waals surface area contributed by atoms with Crippen LogP contribution < -0.4 is 15.5 Å². The fourth-order valence-corrected chi connectivity index (χ4v) is 3.05. The van der Waals surface area contributed by atoms with Gasteiger partial charge in [0, 0.05) is 43.1 Å². The lowest BCUT2D eigenvalue weighted by Gasteiger charge is -2.28. The van der Waals surface area contributed by atoms with Crippen molar-refractivity contribution in [1.29, 1.82) is 0 Å². The molecule has 0 bridgehead atoms. The van der Waals surface area contributed by atoms with Gasteiger partial charge in [-0.2, -0.15) is 0 Å². The van der Waals surface area contributed by atoms with Gasteiger partial charge in [0.05, 0.1) is 0 Å². The summed E-state index contributed by atoms with van der Waals surface area (Å²) < 4.78 is 13.1. The van der Waals surface area contributed by atoms with E-state index in [-0.39, 0.29) is 11.7 Å². The first-order valence-corrected chi connectivity index (χ1v) is 8.85. The molecule has 3 rings (SSSR count). The molecule has 0 aliphatic carbocycles. The SMILES string of the molecule is O=C(CCNc1ccc(N2CCCCC2)cc1)Nc1cccc(F)c1. The van der Waals surface area contributed by atoms with E-state index in [1.165, 1.54) is 37.1 Å². The molecule has 5 heteroatoms. The standard InChI is InChI=1S/C20H24FN3O/c21-16-5-4-6-18(15-16)23-20(25)11-12-22-17-7-9-19(10-8-17)24-13-2-1-3-14-24/h4-10,15,22H,1-3,11-14H2,(H,23,25). The van der Waals surface area contributed by atoms with Crippen LogP contribution in [-0.4, -0.2) is 25.5 Å². The third-order valence-electron chi connectivity index (χ3n) is 4.38. The first-order chi connectivity index (χ1) is 12.2. The molecule has 2 aromatic rings. The van der Waals surface area contributed by atoms with Crippen molar-refractivity contribution < 1.29 is 9.18 Å². The summed E-state index contributed by atoms with van der Waals surface area (Å²) in [5, 5.41) is 5.94. The van der Waals surface area contributed by atoms with Gasteiger partial charge >= 0.3 is 0 Å². The molecule has 25 heavy (non-hydrogen) atoms. The molecule has 0 saturated carbocycles. The van der Waals surface area contributed by atoms with E-state index in [4.69, 9.17) is 0 Å². The lowest BCUT2D eigenvalue weighted by Crippen LogP contribution is -2.29. The molecule has 0 spiro atoms. The van der Waals surface area contributed by atoms with Crippen LogP contribution >= 0.6 is 0 Å². The van der Waals surface area contributed by atoms with Gasteiger partial charge in [0.2, 0.25) is 5.91 Å². The number of hydrogen-bond donors (Lipinski definition) is 2. The highest BCUT2D eigenvalue weighted by atomic mass is 19.1. The van der Waals surface area contributed by atoms with Gasteiger partial charge in [-0.25, -0.2) is 4.39 Å². The van der Waals surface area contributed by atoms with Crippen molar-refractivity contribution in [2.75, 3.05) is 35.2 Å². The number of carbonyl (C=O) groups excluding carboxylic acids is 1. The van der Waals surface area contributed by atoms with Gasteiger partial charge in [-0.3, -0.25) is 4.79 Å². The highest BCUT2D eigenvalue weighted by Crippen LogP contribution is 2.21.